The molecule has 0 bridgehead atoms. The molecule has 1 aliphatic heterocycles. The first-order valence-corrected chi connectivity index (χ1v) is 8.16. The lowest BCUT2D eigenvalue weighted by Crippen LogP contribution is -2.54. The van der Waals surface area contributed by atoms with Crippen LogP contribution in [0.4, 0.5) is 10.5 Å². The fraction of sp³-hybridized carbons (Fsp3) is 0.529. The van der Waals surface area contributed by atoms with E-state index in [-0.39, 0.29) is 18.0 Å². The second kappa shape index (κ2) is 8.54. The molecule has 1 heterocycles. The summed E-state index contributed by atoms with van der Waals surface area (Å²) in [6.45, 7) is 6.43. The lowest BCUT2D eigenvalue weighted by Gasteiger charge is -2.36. The summed E-state index contributed by atoms with van der Waals surface area (Å²) < 4.78 is 10.3. The number of methoxy groups -OCH3 is 1. The molecular formula is C17H25N3O4. The maximum Gasteiger partial charge on any atom is 0.409 e. The molecule has 0 unspecified atom stereocenters. The fourth-order valence-electron chi connectivity index (χ4n) is 2.66. The highest BCUT2D eigenvalue weighted by atomic mass is 16.6. The first-order valence-electron chi connectivity index (χ1n) is 8.16. The summed E-state index contributed by atoms with van der Waals surface area (Å²) in [6.07, 6.45) is -0.289. The van der Waals surface area contributed by atoms with Crippen LogP contribution >= 0.6 is 0 Å². The number of anilines is 1. The van der Waals surface area contributed by atoms with Crippen LogP contribution in [0.5, 0.6) is 5.75 Å². The van der Waals surface area contributed by atoms with E-state index in [2.05, 4.69) is 10.2 Å². The number of carbonyl (C=O) groups excluding carboxylic acids is 2. The van der Waals surface area contributed by atoms with Gasteiger partial charge in [0.05, 0.1) is 25.4 Å². The molecule has 1 saturated heterocycles. The van der Waals surface area contributed by atoms with E-state index >= 15 is 0 Å². The molecule has 1 aromatic carbocycles. The van der Waals surface area contributed by atoms with Crippen LogP contribution in [0.2, 0.25) is 0 Å². The SMILES string of the molecule is CCOC(=O)N1CCN([C@@H](C)C(=O)Nc2ccccc2OC)CC1. The Morgan fingerprint density at radius 2 is 1.88 bits per heavy atom. The molecule has 0 radical (unpaired) electrons. The van der Waals surface area contributed by atoms with Crippen LogP contribution < -0.4 is 10.1 Å². The smallest absolute Gasteiger partial charge is 0.409 e. The van der Waals surface area contributed by atoms with Crippen molar-refractivity contribution in [1.82, 2.24) is 9.80 Å². The van der Waals surface area contributed by atoms with E-state index in [0.29, 0.717) is 44.2 Å². The third-order valence-corrected chi connectivity index (χ3v) is 4.13. The Kier molecular flexibility index (Phi) is 6.43. The zero-order chi connectivity index (χ0) is 17.5. The summed E-state index contributed by atoms with van der Waals surface area (Å²) in [4.78, 5) is 27.9. The van der Waals surface area contributed by atoms with E-state index in [1.807, 2.05) is 25.1 Å². The molecule has 0 aliphatic carbocycles. The molecule has 2 rings (SSSR count). The van der Waals surface area contributed by atoms with E-state index in [1.165, 1.54) is 0 Å². The minimum absolute atomic E-state index is 0.0934. The summed E-state index contributed by atoms with van der Waals surface area (Å²) in [6, 6.07) is 7.02. The quantitative estimate of drug-likeness (QED) is 0.888. The molecule has 1 atom stereocenters. The van der Waals surface area contributed by atoms with Gasteiger partial charge in [-0.3, -0.25) is 9.69 Å². The zero-order valence-electron chi connectivity index (χ0n) is 14.4. The highest BCUT2D eigenvalue weighted by Crippen LogP contribution is 2.23. The number of piperazine rings is 1. The number of nitrogens with one attached hydrogen (secondary N) is 1. The Morgan fingerprint density at radius 3 is 2.50 bits per heavy atom. The Hall–Kier alpha value is -2.28. The minimum atomic E-state index is -0.292. The number of ether oxygens (including phenoxy) is 2. The van der Waals surface area contributed by atoms with E-state index in [1.54, 1.807) is 25.0 Å². The van der Waals surface area contributed by atoms with Crippen LogP contribution in [0.25, 0.3) is 0 Å². The molecule has 132 valence electrons. The molecule has 0 spiro atoms. The lowest BCUT2D eigenvalue weighted by molar-refractivity contribution is -0.121. The molecule has 7 heteroatoms. The van der Waals surface area contributed by atoms with Gasteiger partial charge in [-0.25, -0.2) is 4.79 Å². The van der Waals surface area contributed by atoms with E-state index < -0.39 is 0 Å². The van der Waals surface area contributed by atoms with Gasteiger partial charge in [0.25, 0.3) is 0 Å². The second-order valence-corrected chi connectivity index (χ2v) is 5.59. The molecule has 24 heavy (non-hydrogen) atoms. The van der Waals surface area contributed by atoms with E-state index in [0.717, 1.165) is 0 Å². The van der Waals surface area contributed by atoms with Crippen molar-refractivity contribution in [2.45, 2.75) is 19.9 Å². The summed E-state index contributed by atoms with van der Waals surface area (Å²) >= 11 is 0. The molecular weight excluding hydrogens is 310 g/mol. The summed E-state index contributed by atoms with van der Waals surface area (Å²) in [5.41, 5.74) is 0.655. The van der Waals surface area contributed by atoms with Crippen LogP contribution in [0.1, 0.15) is 13.8 Å². The standard InChI is InChI=1S/C17H25N3O4/c1-4-24-17(22)20-11-9-19(10-12-20)13(2)16(21)18-14-7-5-6-8-15(14)23-3/h5-8,13H,4,9-12H2,1-3H3,(H,18,21)/t13-/m0/s1. The van der Waals surface area contributed by atoms with Crippen molar-refractivity contribution in [2.75, 3.05) is 45.2 Å². The summed E-state index contributed by atoms with van der Waals surface area (Å²) in [5, 5.41) is 2.90. The normalized spacial score (nSPS) is 16.4. The van der Waals surface area contributed by atoms with Gasteiger partial charge < -0.3 is 19.7 Å². The van der Waals surface area contributed by atoms with Gasteiger partial charge in [-0.2, -0.15) is 0 Å². The number of para-hydroxylation sites is 2. The van der Waals surface area contributed by atoms with Crippen molar-refractivity contribution in [2.24, 2.45) is 0 Å². The number of carbonyl (C=O) groups is 2. The van der Waals surface area contributed by atoms with Gasteiger partial charge in [-0.15, -0.1) is 0 Å². The second-order valence-electron chi connectivity index (χ2n) is 5.59. The van der Waals surface area contributed by atoms with Crippen LogP contribution in [0, 0.1) is 0 Å². The van der Waals surface area contributed by atoms with E-state index in [4.69, 9.17) is 9.47 Å². The Bertz CT molecular complexity index is 571. The highest BCUT2D eigenvalue weighted by molar-refractivity contribution is 5.95. The summed E-state index contributed by atoms with van der Waals surface area (Å²) in [5.74, 6) is 0.536. The first kappa shape index (κ1) is 18.1. The van der Waals surface area contributed by atoms with Gasteiger partial charge in [-0.05, 0) is 26.0 Å². The molecule has 0 saturated carbocycles. The molecule has 7 nitrogen and oxygen atoms in total. The fourth-order valence-corrected chi connectivity index (χ4v) is 2.66. The Labute approximate surface area is 142 Å². The number of benzene rings is 1. The Morgan fingerprint density at radius 1 is 1.21 bits per heavy atom. The topological polar surface area (TPSA) is 71.1 Å². The van der Waals surface area contributed by atoms with E-state index in [9.17, 15) is 9.59 Å². The molecule has 1 aliphatic rings. The van der Waals surface area contributed by atoms with Crippen molar-refractivity contribution in [3.8, 4) is 5.75 Å². The lowest BCUT2D eigenvalue weighted by atomic mass is 10.2. The predicted octanol–water partition coefficient (Wildman–Crippen LogP) is 1.80. The molecule has 2 amide bonds. The third-order valence-electron chi connectivity index (χ3n) is 4.13. The number of amides is 2. The third kappa shape index (κ3) is 4.38. The molecule has 1 aromatic rings. The van der Waals surface area contributed by atoms with Gasteiger partial charge in [0.2, 0.25) is 5.91 Å². The van der Waals surface area contributed by atoms with Crippen LogP contribution in [-0.2, 0) is 9.53 Å². The number of nitrogens with zero attached hydrogens (tertiary/aromatic N) is 2. The first-order chi connectivity index (χ1) is 11.6. The van der Waals surface area contributed by atoms with Crippen molar-refractivity contribution in [1.29, 1.82) is 0 Å². The maximum absolute atomic E-state index is 12.5. The van der Waals surface area contributed by atoms with Crippen molar-refractivity contribution >= 4 is 17.7 Å². The molecule has 1 fully saturated rings. The summed E-state index contributed by atoms with van der Waals surface area (Å²) in [7, 11) is 1.57. The van der Waals surface area contributed by atoms with Gasteiger partial charge in [0, 0.05) is 26.2 Å². The van der Waals surface area contributed by atoms with Gasteiger partial charge in [0.15, 0.2) is 0 Å². The van der Waals surface area contributed by atoms with Crippen LogP contribution in [0.3, 0.4) is 0 Å². The largest absolute Gasteiger partial charge is 0.495 e. The molecule has 0 aromatic heterocycles. The number of hydrogen-bond acceptors (Lipinski definition) is 5. The number of hydrogen-bond donors (Lipinski definition) is 1. The number of rotatable bonds is 5. The van der Waals surface area contributed by atoms with Crippen LogP contribution in [0.15, 0.2) is 24.3 Å². The van der Waals surface area contributed by atoms with Crippen molar-refractivity contribution < 1.29 is 19.1 Å². The monoisotopic (exact) mass is 335 g/mol. The maximum atomic E-state index is 12.5. The van der Waals surface area contributed by atoms with Gasteiger partial charge in [0.1, 0.15) is 5.75 Å². The van der Waals surface area contributed by atoms with Gasteiger partial charge >= 0.3 is 6.09 Å². The van der Waals surface area contributed by atoms with Gasteiger partial charge in [-0.1, -0.05) is 12.1 Å². The molecule has 1 N–H and O–H groups in total. The van der Waals surface area contributed by atoms with Crippen LogP contribution in [-0.4, -0.2) is 67.7 Å². The minimum Gasteiger partial charge on any atom is -0.495 e. The van der Waals surface area contributed by atoms with Crippen molar-refractivity contribution in [3.63, 3.8) is 0 Å². The van der Waals surface area contributed by atoms with Crippen molar-refractivity contribution in [3.05, 3.63) is 24.3 Å². The highest BCUT2D eigenvalue weighted by Gasteiger charge is 2.28. The average molecular weight is 335 g/mol. The average Bonchev–Trinajstić information content (AvgIpc) is 2.61. The Balaban J connectivity index is 1.89. The predicted molar refractivity (Wildman–Crippen MR) is 91.3 cm³/mol. The zero-order valence-corrected chi connectivity index (χ0v) is 14.4.